The molecule has 0 amide bonds. The molecule has 13 heavy (non-hydrogen) atoms. The zero-order valence-electron chi connectivity index (χ0n) is 7.72. The minimum atomic E-state index is 0.179. The summed E-state index contributed by atoms with van der Waals surface area (Å²) >= 11 is 6.22. The molecule has 0 saturated heterocycles. The van der Waals surface area contributed by atoms with Gasteiger partial charge in [-0.15, -0.1) is 11.6 Å². The van der Waals surface area contributed by atoms with Crippen LogP contribution in [0.25, 0.3) is 0 Å². The van der Waals surface area contributed by atoms with Crippen molar-refractivity contribution in [1.29, 1.82) is 0 Å². The minimum absolute atomic E-state index is 0.179. The van der Waals surface area contributed by atoms with Crippen LogP contribution in [-0.4, -0.2) is 7.11 Å². The zero-order chi connectivity index (χ0) is 9.26. The maximum absolute atomic E-state index is 6.22. The summed E-state index contributed by atoms with van der Waals surface area (Å²) in [6, 6.07) is 6.13. The molecule has 0 N–H and O–H groups in total. The fourth-order valence-electron chi connectivity index (χ4n) is 1.95. The molecule has 0 spiro atoms. The van der Waals surface area contributed by atoms with E-state index in [0.717, 1.165) is 18.6 Å². The van der Waals surface area contributed by atoms with Gasteiger partial charge in [0.05, 0.1) is 12.5 Å². The van der Waals surface area contributed by atoms with Crippen molar-refractivity contribution in [1.82, 2.24) is 0 Å². The lowest BCUT2D eigenvalue weighted by atomic mass is 9.91. The van der Waals surface area contributed by atoms with Gasteiger partial charge in [0.15, 0.2) is 0 Å². The lowest BCUT2D eigenvalue weighted by Crippen LogP contribution is -2.06. The highest BCUT2D eigenvalue weighted by atomic mass is 35.5. The first-order valence-corrected chi connectivity index (χ1v) is 5.06. The molecule has 1 aromatic rings. The quantitative estimate of drug-likeness (QED) is 0.627. The molecule has 1 unspecified atom stereocenters. The predicted molar refractivity (Wildman–Crippen MR) is 54.5 cm³/mol. The Morgan fingerprint density at radius 1 is 1.46 bits per heavy atom. The summed E-state index contributed by atoms with van der Waals surface area (Å²) in [5.74, 6) is 0.989. The number of halogens is 1. The van der Waals surface area contributed by atoms with E-state index in [1.54, 1.807) is 7.11 Å². The molecule has 70 valence electrons. The van der Waals surface area contributed by atoms with E-state index in [1.165, 1.54) is 17.5 Å². The van der Waals surface area contributed by atoms with Crippen LogP contribution in [0.1, 0.15) is 29.3 Å². The molecule has 0 aromatic heterocycles. The van der Waals surface area contributed by atoms with Crippen molar-refractivity contribution in [3.8, 4) is 5.75 Å². The second kappa shape index (κ2) is 3.59. The Bertz CT molecular complexity index is 309. The van der Waals surface area contributed by atoms with Crippen molar-refractivity contribution in [3.63, 3.8) is 0 Å². The van der Waals surface area contributed by atoms with Gasteiger partial charge >= 0.3 is 0 Å². The smallest absolute Gasteiger partial charge is 0.122 e. The molecule has 0 bridgehead atoms. The first-order valence-electron chi connectivity index (χ1n) is 4.63. The van der Waals surface area contributed by atoms with E-state index in [0.29, 0.717) is 0 Å². The standard InChI is InChI=1S/C11H13ClO/c1-13-11-7-3-4-8-9(11)5-2-6-10(8)12/h3-4,7,10H,2,5-6H2,1H3. The van der Waals surface area contributed by atoms with Crippen molar-refractivity contribution in [2.24, 2.45) is 0 Å². The van der Waals surface area contributed by atoms with E-state index in [2.05, 4.69) is 6.07 Å². The lowest BCUT2D eigenvalue weighted by Gasteiger charge is -2.22. The monoisotopic (exact) mass is 196 g/mol. The van der Waals surface area contributed by atoms with E-state index in [4.69, 9.17) is 16.3 Å². The molecular formula is C11H13ClO. The number of methoxy groups -OCH3 is 1. The summed E-state index contributed by atoms with van der Waals surface area (Å²) in [7, 11) is 1.72. The number of benzene rings is 1. The van der Waals surface area contributed by atoms with Crippen LogP contribution in [0.3, 0.4) is 0 Å². The van der Waals surface area contributed by atoms with Crippen LogP contribution in [0, 0.1) is 0 Å². The second-order valence-electron chi connectivity index (χ2n) is 3.39. The third-order valence-corrected chi connectivity index (χ3v) is 3.06. The molecule has 0 aliphatic heterocycles. The van der Waals surface area contributed by atoms with Crippen molar-refractivity contribution < 1.29 is 4.74 Å². The second-order valence-corrected chi connectivity index (χ2v) is 3.91. The minimum Gasteiger partial charge on any atom is -0.496 e. The number of ether oxygens (including phenoxy) is 1. The predicted octanol–water partition coefficient (Wildman–Crippen LogP) is 3.31. The molecule has 1 aliphatic rings. The molecule has 2 heteroatoms. The first kappa shape index (κ1) is 8.89. The number of rotatable bonds is 1. The Morgan fingerprint density at radius 3 is 3.08 bits per heavy atom. The number of alkyl halides is 1. The van der Waals surface area contributed by atoms with Crippen LogP contribution >= 0.6 is 11.6 Å². The van der Waals surface area contributed by atoms with Crippen LogP contribution in [0.5, 0.6) is 5.75 Å². The Morgan fingerprint density at radius 2 is 2.31 bits per heavy atom. The van der Waals surface area contributed by atoms with Gasteiger partial charge in [-0.2, -0.15) is 0 Å². The summed E-state index contributed by atoms with van der Waals surface area (Å²) in [5.41, 5.74) is 2.56. The average Bonchev–Trinajstić information content (AvgIpc) is 2.18. The zero-order valence-corrected chi connectivity index (χ0v) is 8.47. The topological polar surface area (TPSA) is 9.23 Å². The van der Waals surface area contributed by atoms with Crippen LogP contribution in [0.2, 0.25) is 0 Å². The fraction of sp³-hybridized carbons (Fsp3) is 0.455. The van der Waals surface area contributed by atoms with Gasteiger partial charge in [-0.25, -0.2) is 0 Å². The van der Waals surface area contributed by atoms with Gasteiger partial charge in [-0.1, -0.05) is 12.1 Å². The van der Waals surface area contributed by atoms with Crippen LogP contribution in [0.4, 0.5) is 0 Å². The SMILES string of the molecule is COc1cccc2c1CCCC2Cl. The highest BCUT2D eigenvalue weighted by Crippen LogP contribution is 2.38. The first-order chi connectivity index (χ1) is 6.33. The van der Waals surface area contributed by atoms with Crippen molar-refractivity contribution >= 4 is 11.6 Å². The van der Waals surface area contributed by atoms with Crippen LogP contribution < -0.4 is 4.74 Å². The summed E-state index contributed by atoms with van der Waals surface area (Å²) in [6.07, 6.45) is 3.35. The lowest BCUT2D eigenvalue weighted by molar-refractivity contribution is 0.406. The van der Waals surface area contributed by atoms with E-state index in [1.807, 2.05) is 12.1 Å². The normalized spacial score (nSPS) is 20.9. The van der Waals surface area contributed by atoms with Gasteiger partial charge in [0.25, 0.3) is 0 Å². The largest absolute Gasteiger partial charge is 0.496 e. The van der Waals surface area contributed by atoms with E-state index in [-0.39, 0.29) is 5.38 Å². The summed E-state index contributed by atoms with van der Waals surface area (Å²) in [6.45, 7) is 0. The van der Waals surface area contributed by atoms with Gasteiger partial charge in [-0.05, 0) is 36.5 Å². The molecule has 0 radical (unpaired) electrons. The summed E-state index contributed by atoms with van der Waals surface area (Å²) < 4.78 is 5.30. The Kier molecular flexibility index (Phi) is 2.45. The molecule has 0 fully saturated rings. The molecule has 0 heterocycles. The van der Waals surface area contributed by atoms with E-state index >= 15 is 0 Å². The molecule has 2 rings (SSSR count). The fourth-order valence-corrected chi connectivity index (χ4v) is 2.31. The maximum atomic E-state index is 6.22. The highest BCUT2D eigenvalue weighted by Gasteiger charge is 2.20. The Hall–Kier alpha value is -0.690. The third kappa shape index (κ3) is 1.53. The Labute approximate surface area is 83.7 Å². The molecule has 1 aliphatic carbocycles. The van der Waals surface area contributed by atoms with E-state index < -0.39 is 0 Å². The molecule has 1 nitrogen and oxygen atoms in total. The molecule has 1 atom stereocenters. The van der Waals surface area contributed by atoms with Gasteiger partial charge in [-0.3, -0.25) is 0 Å². The molecule has 0 saturated carbocycles. The maximum Gasteiger partial charge on any atom is 0.122 e. The third-order valence-electron chi connectivity index (χ3n) is 2.61. The average molecular weight is 197 g/mol. The van der Waals surface area contributed by atoms with E-state index in [9.17, 15) is 0 Å². The highest BCUT2D eigenvalue weighted by molar-refractivity contribution is 6.21. The molecule has 1 aromatic carbocycles. The van der Waals surface area contributed by atoms with Gasteiger partial charge in [0.2, 0.25) is 0 Å². The summed E-state index contributed by atoms with van der Waals surface area (Å²) in [4.78, 5) is 0. The van der Waals surface area contributed by atoms with Gasteiger partial charge < -0.3 is 4.74 Å². The summed E-state index contributed by atoms with van der Waals surface area (Å²) in [5, 5.41) is 0.179. The van der Waals surface area contributed by atoms with Crippen LogP contribution in [-0.2, 0) is 6.42 Å². The number of hydrogen-bond donors (Lipinski definition) is 0. The number of fused-ring (bicyclic) bond motifs is 1. The van der Waals surface area contributed by atoms with Crippen molar-refractivity contribution in [3.05, 3.63) is 29.3 Å². The van der Waals surface area contributed by atoms with Gasteiger partial charge in [0, 0.05) is 0 Å². The molecular weight excluding hydrogens is 184 g/mol. The van der Waals surface area contributed by atoms with Crippen molar-refractivity contribution in [2.75, 3.05) is 7.11 Å². The van der Waals surface area contributed by atoms with Crippen molar-refractivity contribution in [2.45, 2.75) is 24.6 Å². The van der Waals surface area contributed by atoms with Crippen LogP contribution in [0.15, 0.2) is 18.2 Å². The number of hydrogen-bond acceptors (Lipinski definition) is 1. The van der Waals surface area contributed by atoms with Gasteiger partial charge in [0.1, 0.15) is 5.75 Å². The Balaban J connectivity index is 2.48.